The van der Waals surface area contributed by atoms with Crippen LogP contribution in [-0.2, 0) is 17.7 Å². The predicted octanol–water partition coefficient (Wildman–Crippen LogP) is 5.41. The second-order valence-electron chi connectivity index (χ2n) is 8.57. The Bertz CT molecular complexity index is 1550. The van der Waals surface area contributed by atoms with E-state index in [1.165, 1.54) is 12.7 Å². The predicted molar refractivity (Wildman–Crippen MR) is 136 cm³/mol. The van der Waals surface area contributed by atoms with Gasteiger partial charge >= 0.3 is 5.97 Å². The first-order valence-corrected chi connectivity index (χ1v) is 11.5. The van der Waals surface area contributed by atoms with Crippen LogP contribution in [0.15, 0.2) is 83.5 Å². The summed E-state index contributed by atoms with van der Waals surface area (Å²) in [7, 11) is 1.38. The molecular weight excluding hydrogens is 440 g/mol. The zero-order valence-corrected chi connectivity index (χ0v) is 19.3. The number of hydrogen-bond acceptors (Lipinski definition) is 6. The summed E-state index contributed by atoms with van der Waals surface area (Å²) in [6, 6.07) is 23.6. The van der Waals surface area contributed by atoms with Crippen molar-refractivity contribution in [1.29, 1.82) is 0 Å². The van der Waals surface area contributed by atoms with E-state index in [0.717, 1.165) is 47.0 Å². The van der Waals surface area contributed by atoms with Gasteiger partial charge in [-0.3, -0.25) is 0 Å². The number of aromatic nitrogens is 2. The second kappa shape index (κ2) is 8.36. The molecule has 1 aliphatic heterocycles. The van der Waals surface area contributed by atoms with Gasteiger partial charge in [0.2, 0.25) is 0 Å². The molecule has 0 aliphatic carbocycles. The smallest absolute Gasteiger partial charge is 0.337 e. The topological polar surface area (TPSA) is 86.5 Å². The number of fused-ring (bicyclic) bond motifs is 2. The van der Waals surface area contributed by atoms with Crippen molar-refractivity contribution in [2.45, 2.75) is 13.0 Å². The SMILES string of the molecule is COC(=O)c1ccc2c(c1)nc(-c1cccc(N)c1N1CCc3ccccc31)n2Cc1ccco1. The first-order valence-electron chi connectivity index (χ1n) is 11.5. The van der Waals surface area contributed by atoms with Gasteiger partial charge in [-0.2, -0.15) is 0 Å². The molecule has 0 saturated heterocycles. The lowest BCUT2D eigenvalue weighted by atomic mass is 10.1. The molecule has 0 unspecified atom stereocenters. The fourth-order valence-corrected chi connectivity index (χ4v) is 4.91. The number of imidazole rings is 1. The molecule has 7 heteroatoms. The molecule has 6 rings (SSSR count). The molecule has 3 heterocycles. The lowest BCUT2D eigenvalue weighted by Gasteiger charge is -2.24. The highest BCUT2D eigenvalue weighted by molar-refractivity contribution is 5.96. The molecule has 35 heavy (non-hydrogen) atoms. The summed E-state index contributed by atoms with van der Waals surface area (Å²) in [5.74, 6) is 1.16. The molecule has 0 atom stereocenters. The number of anilines is 3. The molecule has 0 radical (unpaired) electrons. The zero-order valence-electron chi connectivity index (χ0n) is 19.3. The molecular formula is C28H24N4O3. The number of rotatable bonds is 5. The summed E-state index contributed by atoms with van der Waals surface area (Å²) in [5, 5.41) is 0. The maximum absolute atomic E-state index is 12.2. The molecule has 0 spiro atoms. The van der Waals surface area contributed by atoms with Crippen LogP contribution < -0.4 is 10.6 Å². The fraction of sp³-hybridized carbons (Fsp3) is 0.143. The fourth-order valence-electron chi connectivity index (χ4n) is 4.91. The van der Waals surface area contributed by atoms with Crippen LogP contribution in [0.25, 0.3) is 22.4 Å². The maximum atomic E-state index is 12.2. The summed E-state index contributed by atoms with van der Waals surface area (Å²) >= 11 is 0. The molecule has 3 aromatic carbocycles. The Morgan fingerprint density at radius 1 is 1.09 bits per heavy atom. The number of carbonyl (C=O) groups excluding carboxylic acids is 1. The Hall–Kier alpha value is -4.52. The van der Waals surface area contributed by atoms with Crippen molar-refractivity contribution in [3.8, 4) is 11.4 Å². The molecule has 1 aliphatic rings. The summed E-state index contributed by atoms with van der Waals surface area (Å²) in [6.07, 6.45) is 2.62. The first-order chi connectivity index (χ1) is 17.1. The Balaban J connectivity index is 1.57. The number of nitrogens with zero attached hydrogens (tertiary/aromatic N) is 3. The maximum Gasteiger partial charge on any atom is 0.337 e. The monoisotopic (exact) mass is 464 g/mol. The van der Waals surface area contributed by atoms with Crippen molar-refractivity contribution < 1.29 is 13.9 Å². The Morgan fingerprint density at radius 2 is 1.97 bits per heavy atom. The van der Waals surface area contributed by atoms with Crippen LogP contribution in [-0.4, -0.2) is 29.2 Å². The van der Waals surface area contributed by atoms with Crippen LogP contribution >= 0.6 is 0 Å². The van der Waals surface area contributed by atoms with Gasteiger partial charge in [-0.25, -0.2) is 9.78 Å². The Kier molecular flexibility index (Phi) is 5.03. The molecule has 2 N–H and O–H groups in total. The van der Waals surface area contributed by atoms with Crippen LogP contribution in [0.4, 0.5) is 17.1 Å². The van der Waals surface area contributed by atoms with Crippen molar-refractivity contribution in [3.05, 3.63) is 95.9 Å². The third-order valence-electron chi connectivity index (χ3n) is 6.53. The molecule has 0 bridgehead atoms. The van der Waals surface area contributed by atoms with Crippen LogP contribution in [0, 0.1) is 0 Å². The van der Waals surface area contributed by atoms with Crippen molar-refractivity contribution >= 4 is 34.1 Å². The van der Waals surface area contributed by atoms with Crippen LogP contribution in [0.3, 0.4) is 0 Å². The van der Waals surface area contributed by atoms with Gasteiger partial charge in [0, 0.05) is 17.8 Å². The van der Waals surface area contributed by atoms with Crippen LogP contribution in [0.2, 0.25) is 0 Å². The average Bonchev–Trinajstić information content (AvgIpc) is 3.63. The lowest BCUT2D eigenvalue weighted by molar-refractivity contribution is 0.0601. The molecule has 174 valence electrons. The molecule has 0 fully saturated rings. The van der Waals surface area contributed by atoms with E-state index in [4.69, 9.17) is 19.9 Å². The number of hydrogen-bond donors (Lipinski definition) is 1. The highest BCUT2D eigenvalue weighted by atomic mass is 16.5. The third kappa shape index (κ3) is 3.52. The highest BCUT2D eigenvalue weighted by Gasteiger charge is 2.27. The van der Waals surface area contributed by atoms with Gasteiger partial charge in [0.05, 0.1) is 47.9 Å². The number of para-hydroxylation sites is 2. The van der Waals surface area contributed by atoms with Gasteiger partial charge < -0.3 is 24.4 Å². The van der Waals surface area contributed by atoms with Crippen molar-refractivity contribution in [2.24, 2.45) is 0 Å². The van der Waals surface area contributed by atoms with E-state index in [9.17, 15) is 4.79 Å². The standard InChI is InChI=1S/C28H24N4O3/c1-34-28(33)19-11-12-25-23(16-19)30-27(32(25)17-20-7-5-15-35-20)21-8-4-9-22(29)26(21)31-14-13-18-6-2-3-10-24(18)31/h2-12,15-16H,13-14,17,29H2,1H3. The second-order valence-corrected chi connectivity index (χ2v) is 8.57. The van der Waals surface area contributed by atoms with Gasteiger partial charge in [-0.15, -0.1) is 0 Å². The average molecular weight is 465 g/mol. The highest BCUT2D eigenvalue weighted by Crippen LogP contribution is 2.43. The zero-order chi connectivity index (χ0) is 23.9. The van der Waals surface area contributed by atoms with Crippen LogP contribution in [0.5, 0.6) is 0 Å². The number of furan rings is 1. The summed E-state index contributed by atoms with van der Waals surface area (Å²) < 4.78 is 12.7. The molecule has 0 saturated carbocycles. The number of nitrogens with two attached hydrogens (primary N) is 1. The van der Waals surface area contributed by atoms with E-state index in [2.05, 4.69) is 33.7 Å². The Morgan fingerprint density at radius 3 is 2.80 bits per heavy atom. The Labute approximate surface area is 202 Å². The van der Waals surface area contributed by atoms with Crippen molar-refractivity contribution in [1.82, 2.24) is 9.55 Å². The van der Waals surface area contributed by atoms with E-state index in [-0.39, 0.29) is 0 Å². The van der Waals surface area contributed by atoms with Gasteiger partial charge in [-0.1, -0.05) is 24.3 Å². The van der Waals surface area contributed by atoms with Crippen molar-refractivity contribution in [2.75, 3.05) is 24.3 Å². The number of benzene rings is 3. The number of methoxy groups -OCH3 is 1. The van der Waals surface area contributed by atoms with Gasteiger partial charge in [-0.05, 0) is 60.5 Å². The largest absolute Gasteiger partial charge is 0.467 e. The summed E-state index contributed by atoms with van der Waals surface area (Å²) in [5.41, 5.74) is 13.6. The number of nitrogen functional groups attached to an aromatic ring is 1. The number of ether oxygens (including phenoxy) is 1. The van der Waals surface area contributed by atoms with E-state index in [0.29, 0.717) is 23.3 Å². The molecule has 5 aromatic rings. The minimum Gasteiger partial charge on any atom is -0.467 e. The number of esters is 1. The van der Waals surface area contributed by atoms with Crippen LogP contribution in [0.1, 0.15) is 21.7 Å². The van der Waals surface area contributed by atoms with Gasteiger partial charge in [0.25, 0.3) is 0 Å². The normalized spacial score (nSPS) is 12.8. The van der Waals surface area contributed by atoms with E-state index in [1.54, 1.807) is 18.4 Å². The van der Waals surface area contributed by atoms with Gasteiger partial charge in [0.1, 0.15) is 11.6 Å². The first kappa shape index (κ1) is 21.0. The van der Waals surface area contributed by atoms with E-state index < -0.39 is 5.97 Å². The van der Waals surface area contributed by atoms with Crippen molar-refractivity contribution in [3.63, 3.8) is 0 Å². The molecule has 2 aromatic heterocycles. The lowest BCUT2D eigenvalue weighted by Crippen LogP contribution is -2.17. The minimum absolute atomic E-state index is 0.396. The quantitative estimate of drug-likeness (QED) is 0.277. The summed E-state index contributed by atoms with van der Waals surface area (Å²) in [4.78, 5) is 19.4. The number of carbonyl (C=O) groups is 1. The molecule has 7 nitrogen and oxygen atoms in total. The minimum atomic E-state index is -0.396. The summed E-state index contributed by atoms with van der Waals surface area (Å²) in [6.45, 7) is 1.33. The van der Waals surface area contributed by atoms with Gasteiger partial charge in [0.15, 0.2) is 0 Å². The molecule has 0 amide bonds. The van der Waals surface area contributed by atoms with E-state index in [1.807, 2.05) is 36.4 Å². The van der Waals surface area contributed by atoms with E-state index >= 15 is 0 Å². The third-order valence-corrected chi connectivity index (χ3v) is 6.53.